The van der Waals surface area contributed by atoms with Crippen LogP contribution < -0.4 is 15.2 Å². The minimum atomic E-state index is -3.93. The number of carbonyl (C=O) groups excluding carboxylic acids is 1. The van der Waals surface area contributed by atoms with Crippen molar-refractivity contribution in [1.82, 2.24) is 30.5 Å². The van der Waals surface area contributed by atoms with Crippen LogP contribution in [0.5, 0.6) is 0 Å². The maximum absolute atomic E-state index is 12.2. The molecule has 0 radical (unpaired) electrons. The lowest BCUT2D eigenvalue weighted by Gasteiger charge is -2.24. The summed E-state index contributed by atoms with van der Waals surface area (Å²) in [7, 11) is -3.93. The van der Waals surface area contributed by atoms with Crippen molar-refractivity contribution in [3.63, 3.8) is 0 Å². The highest BCUT2D eigenvalue weighted by atomic mass is 35.5. The average Bonchev–Trinajstić information content (AvgIpc) is 3.17. The summed E-state index contributed by atoms with van der Waals surface area (Å²) in [4.78, 5) is 17.2. The number of aromatic nitrogens is 4. The Kier molecular flexibility index (Phi) is 5.89. The van der Waals surface area contributed by atoms with Crippen LogP contribution in [0, 0.1) is 0 Å². The first-order valence-corrected chi connectivity index (χ1v) is 9.92. The predicted molar refractivity (Wildman–Crippen MR) is 95.5 cm³/mol. The van der Waals surface area contributed by atoms with Crippen LogP contribution in [0.3, 0.4) is 0 Å². The highest BCUT2D eigenvalue weighted by molar-refractivity contribution is 7.89. The second-order valence-corrected chi connectivity index (χ2v) is 7.85. The van der Waals surface area contributed by atoms with Crippen LogP contribution in [0.25, 0.3) is 0 Å². The first-order valence-electron chi connectivity index (χ1n) is 8.06. The molecule has 2 N–H and O–H groups in total. The van der Waals surface area contributed by atoms with Gasteiger partial charge in [-0.05, 0) is 36.4 Å². The number of anilines is 1. The normalized spacial score (nSPS) is 16.1. The number of hydrogen-bond acceptors (Lipinski definition) is 8. The summed E-state index contributed by atoms with van der Waals surface area (Å²) in [5, 5.41) is 12.4. The summed E-state index contributed by atoms with van der Waals surface area (Å²) in [6.45, 7) is 3.92. The summed E-state index contributed by atoms with van der Waals surface area (Å²) in [6.07, 6.45) is 0. The van der Waals surface area contributed by atoms with E-state index in [9.17, 15) is 13.2 Å². The van der Waals surface area contributed by atoms with E-state index in [0.29, 0.717) is 37.3 Å². The third kappa shape index (κ3) is 4.71. The molecular weight excluding hydrogens is 398 g/mol. The number of amides is 1. The number of hydrazine groups is 1. The van der Waals surface area contributed by atoms with E-state index >= 15 is 0 Å². The third-order valence-corrected chi connectivity index (χ3v) is 5.39. The molecule has 1 aliphatic rings. The molecule has 1 aliphatic heterocycles. The third-order valence-electron chi connectivity index (χ3n) is 3.87. The lowest BCUT2D eigenvalue weighted by Crippen LogP contribution is -2.44. The number of nitrogens with zero attached hydrogens (tertiary/aromatic N) is 5. The molecule has 0 aliphatic carbocycles. The molecule has 1 unspecified atom stereocenters. The number of hydrogen-bond donors (Lipinski definition) is 2. The first kappa shape index (κ1) is 19.5. The van der Waals surface area contributed by atoms with Gasteiger partial charge in [0.05, 0.1) is 18.1 Å². The van der Waals surface area contributed by atoms with Crippen molar-refractivity contribution in [1.29, 1.82) is 0 Å². The van der Waals surface area contributed by atoms with Crippen LogP contribution in [0.15, 0.2) is 29.2 Å². The molecule has 0 saturated carbocycles. The smallest absolute Gasteiger partial charge is 0.266 e. The fourth-order valence-corrected chi connectivity index (χ4v) is 3.24. The largest absolute Gasteiger partial charge is 0.378 e. The number of tetrazole rings is 1. The topological polar surface area (TPSA) is 131 Å². The minimum absolute atomic E-state index is 0.0339. The van der Waals surface area contributed by atoms with Crippen molar-refractivity contribution in [3.8, 4) is 0 Å². The Labute approximate surface area is 160 Å². The van der Waals surface area contributed by atoms with E-state index in [1.165, 1.54) is 31.2 Å². The molecule has 1 atom stereocenters. The van der Waals surface area contributed by atoms with Crippen LogP contribution in [0.1, 0.15) is 13.0 Å². The van der Waals surface area contributed by atoms with E-state index in [2.05, 4.69) is 20.8 Å². The van der Waals surface area contributed by atoms with Gasteiger partial charge in [0.25, 0.3) is 21.9 Å². The van der Waals surface area contributed by atoms with Crippen LogP contribution in [0.2, 0.25) is 5.02 Å². The average molecular weight is 416 g/mol. The molecule has 3 rings (SSSR count). The first-order chi connectivity index (χ1) is 12.9. The molecule has 13 heteroatoms. The number of carbonyl (C=O) groups is 1. The summed E-state index contributed by atoms with van der Waals surface area (Å²) in [6, 6.07) is 4.65. The molecule has 2 aromatic rings. The summed E-state index contributed by atoms with van der Waals surface area (Å²) in [5.74, 6) is -0.252. The molecule has 1 aromatic heterocycles. The Balaban J connectivity index is 1.60. The van der Waals surface area contributed by atoms with Gasteiger partial charge >= 0.3 is 0 Å². The van der Waals surface area contributed by atoms with E-state index < -0.39 is 22.0 Å². The summed E-state index contributed by atoms with van der Waals surface area (Å²) in [5.41, 5.74) is 2.15. The number of halogens is 1. The fraction of sp³-hybridized carbons (Fsp3) is 0.429. The molecule has 1 aromatic carbocycles. The van der Waals surface area contributed by atoms with Gasteiger partial charge in [-0.3, -0.25) is 10.2 Å². The monoisotopic (exact) mass is 415 g/mol. The Hall–Kier alpha value is -2.28. The van der Waals surface area contributed by atoms with Crippen LogP contribution in [0.4, 0.5) is 5.95 Å². The molecular formula is C14H18ClN7O4S. The number of ether oxygens (including phenoxy) is 1. The second kappa shape index (κ2) is 8.17. The van der Waals surface area contributed by atoms with Gasteiger partial charge in [-0.2, -0.15) is 0 Å². The fourth-order valence-electron chi connectivity index (χ4n) is 2.27. The maximum atomic E-state index is 12.2. The van der Waals surface area contributed by atoms with Crippen LogP contribution in [-0.2, 0) is 19.6 Å². The highest BCUT2D eigenvalue weighted by Crippen LogP contribution is 2.14. The van der Waals surface area contributed by atoms with E-state index in [1.54, 1.807) is 0 Å². The number of nitrogens with one attached hydrogen (secondary N) is 2. The van der Waals surface area contributed by atoms with Gasteiger partial charge in [-0.25, -0.2) is 8.42 Å². The molecule has 0 bridgehead atoms. The van der Waals surface area contributed by atoms with E-state index in [0.717, 1.165) is 4.80 Å². The Morgan fingerprint density at radius 1 is 1.26 bits per heavy atom. The van der Waals surface area contributed by atoms with Gasteiger partial charge in [-0.1, -0.05) is 16.7 Å². The van der Waals surface area contributed by atoms with Crippen molar-refractivity contribution in [2.75, 3.05) is 31.2 Å². The number of rotatable bonds is 6. The molecule has 2 heterocycles. The molecule has 1 saturated heterocycles. The number of benzene rings is 1. The van der Waals surface area contributed by atoms with Crippen molar-refractivity contribution in [2.45, 2.75) is 17.9 Å². The molecule has 1 fully saturated rings. The van der Waals surface area contributed by atoms with E-state index in [1.807, 2.05) is 9.73 Å². The van der Waals surface area contributed by atoms with E-state index in [-0.39, 0.29) is 4.90 Å². The molecule has 1 amide bonds. The van der Waals surface area contributed by atoms with Crippen molar-refractivity contribution >= 4 is 33.5 Å². The number of morpholine rings is 1. The van der Waals surface area contributed by atoms with Gasteiger partial charge in [0.15, 0.2) is 6.04 Å². The van der Waals surface area contributed by atoms with Gasteiger partial charge in [0.2, 0.25) is 0 Å². The minimum Gasteiger partial charge on any atom is -0.378 e. The lowest BCUT2D eigenvalue weighted by molar-refractivity contribution is -0.124. The standard InChI is InChI=1S/C14H18ClN7O4S/c1-10(22-18-14(17-19-22)21-6-8-26-9-7-21)13(23)16-20-27(24,25)12-4-2-11(15)3-5-12/h2-5,10,20H,6-9H2,1H3,(H,16,23). The quantitative estimate of drug-likeness (QED) is 0.616. The van der Waals surface area contributed by atoms with Gasteiger partial charge in [0.1, 0.15) is 0 Å². The van der Waals surface area contributed by atoms with E-state index in [4.69, 9.17) is 16.3 Å². The number of sulfonamides is 1. The molecule has 27 heavy (non-hydrogen) atoms. The van der Waals surface area contributed by atoms with Gasteiger partial charge in [-0.15, -0.1) is 14.7 Å². The zero-order chi connectivity index (χ0) is 19.4. The Morgan fingerprint density at radius 3 is 2.59 bits per heavy atom. The van der Waals surface area contributed by atoms with Gasteiger partial charge in [0, 0.05) is 18.1 Å². The van der Waals surface area contributed by atoms with Crippen molar-refractivity contribution in [3.05, 3.63) is 29.3 Å². The SMILES string of the molecule is CC(C(=O)NNS(=O)(=O)c1ccc(Cl)cc1)n1nnc(N2CCOCC2)n1. The predicted octanol–water partition coefficient (Wildman–Crippen LogP) is -0.266. The Morgan fingerprint density at radius 2 is 1.93 bits per heavy atom. The highest BCUT2D eigenvalue weighted by Gasteiger charge is 2.23. The van der Waals surface area contributed by atoms with Crippen molar-refractivity contribution in [2.24, 2.45) is 0 Å². The Bertz CT molecular complexity index is 896. The zero-order valence-electron chi connectivity index (χ0n) is 14.4. The van der Waals surface area contributed by atoms with Gasteiger partial charge < -0.3 is 9.64 Å². The van der Waals surface area contributed by atoms with Crippen LogP contribution >= 0.6 is 11.6 Å². The summed E-state index contributed by atoms with van der Waals surface area (Å²) >= 11 is 5.74. The second-order valence-electron chi connectivity index (χ2n) is 5.73. The molecule has 11 nitrogen and oxygen atoms in total. The molecule has 0 spiro atoms. The lowest BCUT2D eigenvalue weighted by atomic mass is 10.3. The van der Waals surface area contributed by atoms with Crippen LogP contribution in [-0.4, -0.2) is 60.8 Å². The maximum Gasteiger partial charge on any atom is 0.266 e. The summed E-state index contributed by atoms with van der Waals surface area (Å²) < 4.78 is 29.6. The molecule has 146 valence electrons. The van der Waals surface area contributed by atoms with Crippen molar-refractivity contribution < 1.29 is 17.9 Å². The zero-order valence-corrected chi connectivity index (χ0v) is 15.9.